The van der Waals surface area contributed by atoms with Gasteiger partial charge in [0, 0.05) is 12.4 Å². The normalized spacial score (nSPS) is 11.0. The summed E-state index contributed by atoms with van der Waals surface area (Å²) in [5.41, 5.74) is 2.80. The summed E-state index contributed by atoms with van der Waals surface area (Å²) in [4.78, 5) is 21.3. The number of hydrogen-bond acceptors (Lipinski definition) is 4. The minimum Gasteiger partial charge on any atom is -0.306 e. The van der Waals surface area contributed by atoms with Crippen LogP contribution in [0.1, 0.15) is 21.6 Å². The lowest BCUT2D eigenvalue weighted by molar-refractivity contribution is 0.102. The first-order valence-electron chi connectivity index (χ1n) is 8.48. The highest BCUT2D eigenvalue weighted by Gasteiger charge is 2.20. The van der Waals surface area contributed by atoms with Crippen LogP contribution in [-0.4, -0.2) is 25.7 Å². The van der Waals surface area contributed by atoms with E-state index in [4.69, 9.17) is 11.6 Å². The third kappa shape index (κ3) is 3.10. The number of aryl methyl sites for hydroxylation is 2. The quantitative estimate of drug-likeness (QED) is 0.555. The molecule has 4 rings (SSSR count). The van der Waals surface area contributed by atoms with Gasteiger partial charge in [0.15, 0.2) is 5.65 Å². The Morgan fingerprint density at radius 1 is 1.14 bits per heavy atom. The molecule has 0 aliphatic carbocycles. The van der Waals surface area contributed by atoms with E-state index in [2.05, 4.69) is 20.4 Å². The molecular formula is C20H15ClFN5O. The van der Waals surface area contributed by atoms with Gasteiger partial charge >= 0.3 is 0 Å². The highest BCUT2D eigenvalue weighted by atomic mass is 35.5. The van der Waals surface area contributed by atoms with Crippen molar-refractivity contribution in [3.8, 4) is 5.69 Å². The van der Waals surface area contributed by atoms with Crippen LogP contribution in [0.4, 0.5) is 10.2 Å². The maximum absolute atomic E-state index is 13.2. The van der Waals surface area contributed by atoms with E-state index in [1.54, 1.807) is 36.0 Å². The highest BCUT2D eigenvalue weighted by molar-refractivity contribution is 6.39. The van der Waals surface area contributed by atoms with Crippen molar-refractivity contribution in [1.29, 1.82) is 0 Å². The SMILES string of the molecule is Cc1cccnc1NC(=O)c1cnc2c(c(C)nn2-c2ccc(F)cc2)c1Cl. The van der Waals surface area contributed by atoms with Crippen molar-refractivity contribution in [1.82, 2.24) is 19.7 Å². The second kappa shape index (κ2) is 7.01. The molecule has 0 saturated carbocycles. The van der Waals surface area contributed by atoms with Gasteiger partial charge in [-0.05, 0) is 49.7 Å². The van der Waals surface area contributed by atoms with Crippen molar-refractivity contribution >= 4 is 34.4 Å². The van der Waals surface area contributed by atoms with Gasteiger partial charge in [0.25, 0.3) is 5.91 Å². The highest BCUT2D eigenvalue weighted by Crippen LogP contribution is 2.30. The summed E-state index contributed by atoms with van der Waals surface area (Å²) in [5.74, 6) is -0.288. The lowest BCUT2D eigenvalue weighted by atomic mass is 10.2. The van der Waals surface area contributed by atoms with Gasteiger partial charge in [0.1, 0.15) is 11.6 Å². The molecule has 4 aromatic rings. The van der Waals surface area contributed by atoms with Gasteiger partial charge in [-0.15, -0.1) is 0 Å². The molecule has 3 aromatic heterocycles. The summed E-state index contributed by atoms with van der Waals surface area (Å²) >= 11 is 6.54. The van der Waals surface area contributed by atoms with Crippen LogP contribution in [-0.2, 0) is 0 Å². The molecule has 1 N–H and O–H groups in total. The number of rotatable bonds is 3. The first-order valence-corrected chi connectivity index (χ1v) is 8.86. The summed E-state index contributed by atoms with van der Waals surface area (Å²) < 4.78 is 14.8. The number of benzene rings is 1. The van der Waals surface area contributed by atoms with Crippen LogP contribution in [0.2, 0.25) is 5.02 Å². The van der Waals surface area contributed by atoms with E-state index in [0.717, 1.165) is 5.56 Å². The predicted molar refractivity (Wildman–Crippen MR) is 105 cm³/mol. The molecule has 0 radical (unpaired) electrons. The molecule has 1 amide bonds. The van der Waals surface area contributed by atoms with Crippen molar-refractivity contribution in [2.75, 3.05) is 5.32 Å². The predicted octanol–water partition coefficient (Wildman–Crippen LogP) is 4.48. The maximum atomic E-state index is 13.2. The Morgan fingerprint density at radius 2 is 1.89 bits per heavy atom. The molecule has 0 aliphatic rings. The third-order valence-corrected chi connectivity index (χ3v) is 4.76. The van der Waals surface area contributed by atoms with Crippen LogP contribution in [0.3, 0.4) is 0 Å². The van der Waals surface area contributed by atoms with Crippen LogP contribution in [0.15, 0.2) is 48.8 Å². The zero-order valence-electron chi connectivity index (χ0n) is 15.1. The lowest BCUT2D eigenvalue weighted by Gasteiger charge is -2.09. The number of hydrogen-bond donors (Lipinski definition) is 1. The Balaban J connectivity index is 1.77. The minimum atomic E-state index is -0.407. The van der Waals surface area contributed by atoms with E-state index >= 15 is 0 Å². The molecule has 0 bridgehead atoms. The van der Waals surface area contributed by atoms with E-state index in [-0.39, 0.29) is 16.4 Å². The average molecular weight is 396 g/mol. The van der Waals surface area contributed by atoms with Crippen LogP contribution in [0, 0.1) is 19.7 Å². The monoisotopic (exact) mass is 395 g/mol. The number of nitrogens with one attached hydrogen (secondary N) is 1. The Morgan fingerprint density at radius 3 is 2.61 bits per heavy atom. The van der Waals surface area contributed by atoms with Gasteiger partial charge in [0.2, 0.25) is 0 Å². The molecule has 0 unspecified atom stereocenters. The Kier molecular flexibility index (Phi) is 4.52. The van der Waals surface area contributed by atoms with Crippen LogP contribution < -0.4 is 5.32 Å². The minimum absolute atomic E-state index is 0.223. The second-order valence-electron chi connectivity index (χ2n) is 6.28. The van der Waals surface area contributed by atoms with Crippen molar-refractivity contribution in [3.05, 3.63) is 76.5 Å². The number of amides is 1. The van der Waals surface area contributed by atoms with E-state index in [0.29, 0.717) is 28.2 Å². The van der Waals surface area contributed by atoms with Crippen molar-refractivity contribution in [2.45, 2.75) is 13.8 Å². The van der Waals surface area contributed by atoms with Gasteiger partial charge in [-0.25, -0.2) is 19.0 Å². The van der Waals surface area contributed by atoms with Crippen molar-refractivity contribution in [3.63, 3.8) is 0 Å². The topological polar surface area (TPSA) is 72.7 Å². The summed E-state index contributed by atoms with van der Waals surface area (Å²) in [5, 5.41) is 8.02. The van der Waals surface area contributed by atoms with Gasteiger partial charge in [0.05, 0.1) is 27.4 Å². The van der Waals surface area contributed by atoms with E-state index < -0.39 is 5.91 Å². The fraction of sp³-hybridized carbons (Fsp3) is 0.100. The zero-order valence-corrected chi connectivity index (χ0v) is 15.8. The van der Waals surface area contributed by atoms with Crippen LogP contribution in [0.25, 0.3) is 16.7 Å². The molecule has 28 heavy (non-hydrogen) atoms. The Bertz CT molecular complexity index is 1200. The summed E-state index contributed by atoms with van der Waals surface area (Å²) in [7, 11) is 0. The van der Waals surface area contributed by atoms with Crippen LogP contribution >= 0.6 is 11.6 Å². The fourth-order valence-corrected chi connectivity index (χ4v) is 3.28. The first-order chi connectivity index (χ1) is 13.5. The number of fused-ring (bicyclic) bond motifs is 1. The fourth-order valence-electron chi connectivity index (χ4n) is 2.92. The molecule has 140 valence electrons. The number of aromatic nitrogens is 4. The first kappa shape index (κ1) is 18.1. The molecule has 3 heterocycles. The van der Waals surface area contributed by atoms with E-state index in [9.17, 15) is 9.18 Å². The van der Waals surface area contributed by atoms with Gasteiger partial charge < -0.3 is 5.32 Å². The Labute approximate surface area is 165 Å². The molecular weight excluding hydrogens is 381 g/mol. The summed E-state index contributed by atoms with van der Waals surface area (Å²) in [6, 6.07) is 9.53. The largest absolute Gasteiger partial charge is 0.306 e. The number of halogens is 2. The second-order valence-corrected chi connectivity index (χ2v) is 6.66. The molecule has 0 atom stereocenters. The van der Waals surface area contributed by atoms with E-state index in [1.165, 1.54) is 18.3 Å². The molecule has 6 nitrogen and oxygen atoms in total. The number of pyridine rings is 2. The zero-order chi connectivity index (χ0) is 19.8. The molecule has 0 saturated heterocycles. The lowest BCUT2D eigenvalue weighted by Crippen LogP contribution is -2.15. The van der Waals surface area contributed by atoms with Crippen molar-refractivity contribution in [2.24, 2.45) is 0 Å². The molecule has 0 aliphatic heterocycles. The molecule has 8 heteroatoms. The maximum Gasteiger partial charge on any atom is 0.259 e. The van der Waals surface area contributed by atoms with Gasteiger partial charge in [-0.1, -0.05) is 17.7 Å². The third-order valence-electron chi connectivity index (χ3n) is 4.37. The molecule has 1 aromatic carbocycles. The van der Waals surface area contributed by atoms with Crippen LogP contribution in [0.5, 0.6) is 0 Å². The number of carbonyl (C=O) groups is 1. The smallest absolute Gasteiger partial charge is 0.259 e. The van der Waals surface area contributed by atoms with Gasteiger partial charge in [-0.3, -0.25) is 4.79 Å². The van der Waals surface area contributed by atoms with Crippen molar-refractivity contribution < 1.29 is 9.18 Å². The van der Waals surface area contributed by atoms with Gasteiger partial charge in [-0.2, -0.15) is 5.10 Å². The molecule has 0 fully saturated rings. The summed E-state index contributed by atoms with van der Waals surface area (Å²) in [6.07, 6.45) is 3.00. The standard InChI is InChI=1S/C20H15ClFN5O/c1-11-4-3-9-23-18(11)25-20(28)15-10-24-19-16(17(15)21)12(2)26-27(19)14-7-5-13(22)6-8-14/h3-10H,1-2H3,(H,23,25,28). The number of nitrogens with zero attached hydrogens (tertiary/aromatic N) is 4. The Hall–Kier alpha value is -3.32. The average Bonchev–Trinajstić information content (AvgIpc) is 3.02. The number of carbonyl (C=O) groups excluding carboxylic acids is 1. The number of anilines is 1. The van der Waals surface area contributed by atoms with E-state index in [1.807, 2.05) is 13.0 Å². The summed E-state index contributed by atoms with van der Waals surface area (Å²) in [6.45, 7) is 3.63. The molecule has 0 spiro atoms.